The summed E-state index contributed by atoms with van der Waals surface area (Å²) in [5, 5.41) is 3.53. The molecule has 2 heteroatoms. The van der Waals surface area contributed by atoms with Crippen molar-refractivity contribution in [2.75, 3.05) is 13.1 Å². The van der Waals surface area contributed by atoms with Gasteiger partial charge in [0, 0.05) is 31.2 Å². The van der Waals surface area contributed by atoms with Gasteiger partial charge in [0.2, 0.25) is 0 Å². The van der Waals surface area contributed by atoms with Gasteiger partial charge in [-0.15, -0.1) is 0 Å². The molecule has 1 fully saturated rings. The average molecular weight is 218 g/mol. The topological polar surface area (TPSA) is 15.3 Å². The van der Waals surface area contributed by atoms with E-state index in [0.29, 0.717) is 18.1 Å². The van der Waals surface area contributed by atoms with Crippen molar-refractivity contribution in [3.63, 3.8) is 0 Å². The highest BCUT2D eigenvalue weighted by atomic mass is 15.2. The van der Waals surface area contributed by atoms with Crippen molar-refractivity contribution >= 4 is 0 Å². The highest BCUT2D eigenvalue weighted by Crippen LogP contribution is 2.23. The molecular formula is C14H22N2. The van der Waals surface area contributed by atoms with E-state index < -0.39 is 0 Å². The second-order valence-corrected chi connectivity index (χ2v) is 4.94. The predicted octanol–water partition coefficient (Wildman–Crippen LogP) is 2.43. The van der Waals surface area contributed by atoms with Crippen molar-refractivity contribution in [2.45, 2.75) is 38.9 Å². The van der Waals surface area contributed by atoms with Crippen LogP contribution in [0, 0.1) is 0 Å². The second-order valence-electron chi connectivity index (χ2n) is 4.94. The Morgan fingerprint density at radius 2 is 1.94 bits per heavy atom. The first-order chi connectivity index (χ1) is 7.68. The lowest BCUT2D eigenvalue weighted by atomic mass is 10.0. The molecule has 1 aromatic carbocycles. The van der Waals surface area contributed by atoms with E-state index >= 15 is 0 Å². The van der Waals surface area contributed by atoms with Crippen LogP contribution in [0.5, 0.6) is 0 Å². The first-order valence-electron chi connectivity index (χ1n) is 6.22. The Morgan fingerprint density at radius 1 is 1.25 bits per heavy atom. The fourth-order valence-electron chi connectivity index (χ4n) is 2.51. The fourth-order valence-corrected chi connectivity index (χ4v) is 2.51. The lowest BCUT2D eigenvalue weighted by molar-refractivity contribution is 0.103. The Bertz CT molecular complexity index is 323. The molecule has 0 radical (unpaired) electrons. The summed E-state index contributed by atoms with van der Waals surface area (Å²) in [6, 6.07) is 12.5. The van der Waals surface area contributed by atoms with E-state index in [9.17, 15) is 0 Å². The fraction of sp³-hybridized carbons (Fsp3) is 0.571. The van der Waals surface area contributed by atoms with E-state index in [2.05, 4.69) is 61.3 Å². The van der Waals surface area contributed by atoms with Gasteiger partial charge in [-0.2, -0.15) is 0 Å². The van der Waals surface area contributed by atoms with E-state index in [4.69, 9.17) is 0 Å². The van der Waals surface area contributed by atoms with Crippen LogP contribution in [0.15, 0.2) is 30.3 Å². The maximum Gasteiger partial charge on any atom is 0.0323 e. The van der Waals surface area contributed by atoms with Crippen LogP contribution in [-0.4, -0.2) is 30.1 Å². The Labute approximate surface area is 98.7 Å². The monoisotopic (exact) mass is 218 g/mol. The van der Waals surface area contributed by atoms with Gasteiger partial charge >= 0.3 is 0 Å². The standard InChI is InChI=1S/C14H22N2/c1-11-10-16(12(2)9-15-11)13(3)14-7-5-4-6-8-14/h4-8,11-13,15H,9-10H2,1-3H3/t11-,12+,13?/m1/s1. The van der Waals surface area contributed by atoms with Gasteiger partial charge in [-0.25, -0.2) is 0 Å². The van der Waals surface area contributed by atoms with Gasteiger partial charge in [0.15, 0.2) is 0 Å². The molecule has 1 aliphatic heterocycles. The first-order valence-corrected chi connectivity index (χ1v) is 6.22. The summed E-state index contributed by atoms with van der Waals surface area (Å²) >= 11 is 0. The molecule has 0 aliphatic carbocycles. The minimum Gasteiger partial charge on any atom is -0.311 e. The molecule has 0 aromatic heterocycles. The molecule has 1 aliphatic rings. The molecule has 16 heavy (non-hydrogen) atoms. The van der Waals surface area contributed by atoms with E-state index in [1.165, 1.54) is 5.56 Å². The van der Waals surface area contributed by atoms with Crippen LogP contribution in [0.25, 0.3) is 0 Å². The van der Waals surface area contributed by atoms with E-state index in [-0.39, 0.29) is 0 Å². The first kappa shape index (κ1) is 11.6. The number of hydrogen-bond donors (Lipinski definition) is 1. The molecule has 0 bridgehead atoms. The lowest BCUT2D eigenvalue weighted by Crippen LogP contribution is -2.54. The van der Waals surface area contributed by atoms with Crippen LogP contribution in [0.3, 0.4) is 0 Å². The molecule has 1 saturated heterocycles. The van der Waals surface area contributed by atoms with E-state index in [0.717, 1.165) is 13.1 Å². The second kappa shape index (κ2) is 4.98. The zero-order valence-corrected chi connectivity index (χ0v) is 10.5. The predicted molar refractivity (Wildman–Crippen MR) is 68.5 cm³/mol. The van der Waals surface area contributed by atoms with Crippen molar-refractivity contribution in [1.82, 2.24) is 10.2 Å². The van der Waals surface area contributed by atoms with Crippen LogP contribution in [0.1, 0.15) is 32.4 Å². The maximum absolute atomic E-state index is 3.53. The minimum atomic E-state index is 0.515. The van der Waals surface area contributed by atoms with Crippen molar-refractivity contribution < 1.29 is 0 Å². The molecule has 88 valence electrons. The van der Waals surface area contributed by atoms with Crippen molar-refractivity contribution in [3.05, 3.63) is 35.9 Å². The van der Waals surface area contributed by atoms with Gasteiger partial charge in [0.1, 0.15) is 0 Å². The Kier molecular flexibility index (Phi) is 3.62. The summed E-state index contributed by atoms with van der Waals surface area (Å²) in [4.78, 5) is 2.59. The molecule has 0 spiro atoms. The summed E-state index contributed by atoms with van der Waals surface area (Å²) in [5.74, 6) is 0. The Balaban J connectivity index is 2.11. The third kappa shape index (κ3) is 2.45. The highest BCUT2D eigenvalue weighted by Gasteiger charge is 2.26. The number of nitrogens with zero attached hydrogens (tertiary/aromatic N) is 1. The number of piperazine rings is 1. The minimum absolute atomic E-state index is 0.515. The summed E-state index contributed by atoms with van der Waals surface area (Å²) in [7, 11) is 0. The summed E-state index contributed by atoms with van der Waals surface area (Å²) < 4.78 is 0. The van der Waals surface area contributed by atoms with Crippen LogP contribution in [-0.2, 0) is 0 Å². The van der Waals surface area contributed by atoms with Crippen LogP contribution >= 0.6 is 0 Å². The molecular weight excluding hydrogens is 196 g/mol. The van der Waals surface area contributed by atoms with Gasteiger partial charge in [-0.1, -0.05) is 30.3 Å². The largest absolute Gasteiger partial charge is 0.311 e. The molecule has 2 rings (SSSR count). The summed E-state index contributed by atoms with van der Waals surface area (Å²) in [6.45, 7) is 9.11. The third-order valence-corrected chi connectivity index (χ3v) is 3.59. The number of nitrogens with one attached hydrogen (secondary N) is 1. The molecule has 1 aromatic rings. The van der Waals surface area contributed by atoms with E-state index in [1.807, 2.05) is 0 Å². The highest BCUT2D eigenvalue weighted by molar-refractivity contribution is 5.18. The number of hydrogen-bond acceptors (Lipinski definition) is 2. The van der Waals surface area contributed by atoms with Crippen molar-refractivity contribution in [2.24, 2.45) is 0 Å². The van der Waals surface area contributed by atoms with Gasteiger partial charge < -0.3 is 5.32 Å². The smallest absolute Gasteiger partial charge is 0.0323 e. The van der Waals surface area contributed by atoms with Gasteiger partial charge in [-0.05, 0) is 26.3 Å². The zero-order chi connectivity index (χ0) is 11.5. The van der Waals surface area contributed by atoms with Gasteiger partial charge in [0.05, 0.1) is 0 Å². The molecule has 1 unspecified atom stereocenters. The zero-order valence-electron chi connectivity index (χ0n) is 10.5. The average Bonchev–Trinajstić information content (AvgIpc) is 2.32. The molecule has 3 atom stereocenters. The van der Waals surface area contributed by atoms with Crippen LogP contribution < -0.4 is 5.32 Å². The molecule has 0 amide bonds. The summed E-state index contributed by atoms with van der Waals surface area (Å²) in [5.41, 5.74) is 1.42. The van der Waals surface area contributed by atoms with E-state index in [1.54, 1.807) is 0 Å². The van der Waals surface area contributed by atoms with Crippen molar-refractivity contribution in [3.8, 4) is 0 Å². The van der Waals surface area contributed by atoms with Gasteiger partial charge in [-0.3, -0.25) is 4.90 Å². The van der Waals surface area contributed by atoms with Crippen molar-refractivity contribution in [1.29, 1.82) is 0 Å². The molecule has 0 saturated carbocycles. The molecule has 1 heterocycles. The summed E-state index contributed by atoms with van der Waals surface area (Å²) in [6.07, 6.45) is 0. The molecule has 2 nitrogen and oxygen atoms in total. The normalized spacial score (nSPS) is 28.9. The Hall–Kier alpha value is -0.860. The quantitative estimate of drug-likeness (QED) is 0.820. The Morgan fingerprint density at radius 3 is 2.62 bits per heavy atom. The maximum atomic E-state index is 3.53. The van der Waals surface area contributed by atoms with Crippen LogP contribution in [0.4, 0.5) is 0 Å². The van der Waals surface area contributed by atoms with Gasteiger partial charge in [0.25, 0.3) is 0 Å². The number of rotatable bonds is 2. The molecule has 1 N–H and O–H groups in total. The third-order valence-electron chi connectivity index (χ3n) is 3.59. The SMILES string of the molecule is CC(c1ccccc1)N1C[C@@H](C)NC[C@@H]1C. The lowest BCUT2D eigenvalue weighted by Gasteiger charge is -2.41. The number of benzene rings is 1. The van der Waals surface area contributed by atoms with Crippen LogP contribution in [0.2, 0.25) is 0 Å².